The first-order valence-electron chi connectivity index (χ1n) is 26.5. The van der Waals surface area contributed by atoms with Crippen molar-refractivity contribution < 1.29 is 38.2 Å². The van der Waals surface area contributed by atoms with E-state index in [-0.39, 0.29) is 36.2 Å². The van der Waals surface area contributed by atoms with Crippen molar-refractivity contribution in [2.24, 2.45) is 0 Å². The average molecular weight is 911 g/mol. The van der Waals surface area contributed by atoms with Gasteiger partial charge in [-0.25, -0.2) is 4.79 Å². The Balaban J connectivity index is 4.27. The molecule has 0 amide bonds. The zero-order valence-corrected chi connectivity index (χ0v) is 42.7. The molecule has 0 aliphatic heterocycles. The summed E-state index contributed by atoms with van der Waals surface area (Å²) in [6.07, 6.45) is 60.9. The Morgan fingerprint density at radius 3 is 1.29 bits per heavy atom. The molecule has 2 atom stereocenters. The van der Waals surface area contributed by atoms with E-state index in [9.17, 15) is 19.5 Å². The van der Waals surface area contributed by atoms with Gasteiger partial charge in [-0.1, -0.05) is 189 Å². The molecule has 374 valence electrons. The number of rotatable bonds is 47. The third-order valence-electron chi connectivity index (χ3n) is 11.6. The highest BCUT2D eigenvalue weighted by Crippen LogP contribution is 2.15. The number of esters is 2. The first-order valence-corrected chi connectivity index (χ1v) is 26.5. The first-order chi connectivity index (χ1) is 31.6. The molecule has 65 heavy (non-hydrogen) atoms. The number of quaternary nitrogens is 1. The quantitative estimate of drug-likeness (QED) is 0.0281. The van der Waals surface area contributed by atoms with Crippen LogP contribution >= 0.6 is 0 Å². The van der Waals surface area contributed by atoms with E-state index in [2.05, 4.69) is 86.8 Å². The number of unbranched alkanes of at least 4 members (excludes halogenated alkanes) is 21. The van der Waals surface area contributed by atoms with Crippen LogP contribution in [0.15, 0.2) is 72.9 Å². The topological polar surface area (TPSA) is 99.1 Å². The number of ether oxygens (including phenoxy) is 3. The Bertz CT molecular complexity index is 1290. The van der Waals surface area contributed by atoms with Gasteiger partial charge in [0, 0.05) is 19.3 Å². The molecular formula is C57H100NO7+. The van der Waals surface area contributed by atoms with Crippen molar-refractivity contribution in [1.82, 2.24) is 0 Å². The third kappa shape index (κ3) is 45.7. The molecule has 0 fully saturated rings. The van der Waals surface area contributed by atoms with Crippen LogP contribution in [0.5, 0.6) is 0 Å². The highest BCUT2D eigenvalue weighted by molar-refractivity contribution is 5.72. The van der Waals surface area contributed by atoms with Crippen LogP contribution in [0.3, 0.4) is 0 Å². The summed E-state index contributed by atoms with van der Waals surface area (Å²) in [6, 6.07) is -0.621. The van der Waals surface area contributed by atoms with E-state index in [1.54, 1.807) is 0 Å². The summed E-state index contributed by atoms with van der Waals surface area (Å²) in [5, 5.41) is 9.66. The Morgan fingerprint density at radius 1 is 0.477 bits per heavy atom. The maximum Gasteiger partial charge on any atom is 0.362 e. The summed E-state index contributed by atoms with van der Waals surface area (Å²) in [6.45, 7) is 4.62. The van der Waals surface area contributed by atoms with Crippen molar-refractivity contribution >= 4 is 17.9 Å². The van der Waals surface area contributed by atoms with Gasteiger partial charge in [0.25, 0.3) is 0 Å². The van der Waals surface area contributed by atoms with Crippen LogP contribution in [-0.4, -0.2) is 80.6 Å². The Kier molecular flexibility index (Phi) is 44.9. The standard InChI is InChI=1S/C57H99NO7/c1-6-8-10-12-14-16-18-20-22-24-26-27-28-29-30-32-33-35-37-39-41-43-45-47-55(59)64-52-53(51-63-50-49-54(57(61)62)58(3,4)5)65-56(60)48-46-44-42-40-38-36-34-31-25-23-21-19-17-15-13-11-9-7-2/h8,10,14,16,20,22,26-27,29-31,34,53-54H,6-7,9,11-13,15,17-19,21,23-25,28,32-33,35-52H2,1-5H3/p+1/b10-8+,16-14+,22-20+,27-26+,30-29+,34-31+. The Hall–Kier alpha value is -3.23. The van der Waals surface area contributed by atoms with Gasteiger partial charge in [0.2, 0.25) is 0 Å². The van der Waals surface area contributed by atoms with Gasteiger partial charge in [-0.2, -0.15) is 0 Å². The Labute approximate surface area is 400 Å². The predicted molar refractivity (Wildman–Crippen MR) is 275 cm³/mol. The summed E-state index contributed by atoms with van der Waals surface area (Å²) in [5.41, 5.74) is 0. The Morgan fingerprint density at radius 2 is 0.862 bits per heavy atom. The number of hydrogen-bond donors (Lipinski definition) is 1. The maximum atomic E-state index is 12.8. The van der Waals surface area contributed by atoms with E-state index in [0.717, 1.165) is 89.9 Å². The largest absolute Gasteiger partial charge is 0.477 e. The molecule has 0 aromatic rings. The second kappa shape index (κ2) is 47.3. The number of aliphatic carboxylic acids is 1. The molecule has 0 bridgehead atoms. The summed E-state index contributed by atoms with van der Waals surface area (Å²) in [4.78, 5) is 37.2. The minimum Gasteiger partial charge on any atom is -0.477 e. The van der Waals surface area contributed by atoms with Crippen LogP contribution in [-0.2, 0) is 28.6 Å². The van der Waals surface area contributed by atoms with Gasteiger partial charge in [-0.3, -0.25) is 9.59 Å². The van der Waals surface area contributed by atoms with Crippen LogP contribution in [0, 0.1) is 0 Å². The lowest BCUT2D eigenvalue weighted by Crippen LogP contribution is -2.50. The zero-order valence-electron chi connectivity index (χ0n) is 42.7. The van der Waals surface area contributed by atoms with E-state index >= 15 is 0 Å². The second-order valence-electron chi connectivity index (χ2n) is 18.7. The van der Waals surface area contributed by atoms with Crippen LogP contribution < -0.4 is 0 Å². The molecule has 8 nitrogen and oxygen atoms in total. The highest BCUT2D eigenvalue weighted by Gasteiger charge is 2.31. The number of allylic oxidation sites excluding steroid dienone is 12. The van der Waals surface area contributed by atoms with Gasteiger partial charge >= 0.3 is 17.9 Å². The molecule has 0 rings (SSSR count). The summed E-state index contributed by atoms with van der Waals surface area (Å²) in [5.74, 6) is -1.49. The van der Waals surface area contributed by atoms with E-state index in [1.165, 1.54) is 96.3 Å². The van der Waals surface area contributed by atoms with Gasteiger partial charge < -0.3 is 23.8 Å². The molecule has 8 heteroatoms. The van der Waals surface area contributed by atoms with Crippen molar-refractivity contribution in [1.29, 1.82) is 0 Å². The SMILES string of the molecule is CC/C=C/C/C=C/C/C=C/C/C=C/C/C=C/CCCCCCCCCC(=O)OCC(COCCC(C(=O)O)[N+](C)(C)C)OC(=O)CCCCCCC/C=C/CCCCCCCCCCC. The van der Waals surface area contributed by atoms with Crippen LogP contribution in [0.2, 0.25) is 0 Å². The van der Waals surface area contributed by atoms with Gasteiger partial charge in [0.05, 0.1) is 34.4 Å². The molecule has 0 heterocycles. The maximum absolute atomic E-state index is 12.8. The molecular weight excluding hydrogens is 811 g/mol. The molecule has 0 saturated heterocycles. The van der Waals surface area contributed by atoms with Crippen molar-refractivity contribution in [2.45, 2.75) is 231 Å². The zero-order chi connectivity index (χ0) is 47.7. The molecule has 0 spiro atoms. The number of carboxylic acids is 1. The monoisotopic (exact) mass is 911 g/mol. The van der Waals surface area contributed by atoms with E-state index in [1.807, 2.05) is 21.1 Å². The average Bonchev–Trinajstić information content (AvgIpc) is 3.27. The minimum atomic E-state index is -0.879. The fourth-order valence-electron chi connectivity index (χ4n) is 7.53. The van der Waals surface area contributed by atoms with Crippen molar-refractivity contribution in [3.63, 3.8) is 0 Å². The van der Waals surface area contributed by atoms with Gasteiger partial charge in [-0.15, -0.1) is 0 Å². The molecule has 0 aliphatic carbocycles. The van der Waals surface area contributed by atoms with Gasteiger partial charge in [0.1, 0.15) is 6.61 Å². The molecule has 0 aromatic heterocycles. The fraction of sp³-hybridized carbons (Fsp3) is 0.737. The lowest BCUT2D eigenvalue weighted by Gasteiger charge is -2.31. The normalized spacial score (nSPS) is 13.4. The number of hydrogen-bond acceptors (Lipinski definition) is 6. The van der Waals surface area contributed by atoms with Gasteiger partial charge in [-0.05, 0) is 83.5 Å². The molecule has 0 saturated carbocycles. The lowest BCUT2D eigenvalue weighted by atomic mass is 10.1. The second-order valence-corrected chi connectivity index (χ2v) is 18.7. The molecule has 0 aliphatic rings. The first kappa shape index (κ1) is 61.8. The number of nitrogens with zero attached hydrogens (tertiary/aromatic N) is 1. The van der Waals surface area contributed by atoms with E-state index in [4.69, 9.17) is 14.2 Å². The van der Waals surface area contributed by atoms with Crippen LogP contribution in [0.4, 0.5) is 0 Å². The predicted octanol–water partition coefficient (Wildman–Crippen LogP) is 15.5. The van der Waals surface area contributed by atoms with E-state index in [0.29, 0.717) is 19.3 Å². The number of carbonyl (C=O) groups excluding carboxylic acids is 2. The van der Waals surface area contributed by atoms with Crippen molar-refractivity contribution in [2.75, 3.05) is 41.0 Å². The fourth-order valence-corrected chi connectivity index (χ4v) is 7.53. The highest BCUT2D eigenvalue weighted by atomic mass is 16.6. The van der Waals surface area contributed by atoms with Crippen LogP contribution in [0.25, 0.3) is 0 Å². The van der Waals surface area contributed by atoms with Gasteiger partial charge in [0.15, 0.2) is 12.1 Å². The van der Waals surface area contributed by atoms with E-state index < -0.39 is 18.1 Å². The van der Waals surface area contributed by atoms with Crippen LogP contribution in [0.1, 0.15) is 219 Å². The number of carbonyl (C=O) groups is 3. The smallest absolute Gasteiger partial charge is 0.362 e. The lowest BCUT2D eigenvalue weighted by molar-refractivity contribution is -0.887. The minimum absolute atomic E-state index is 0.0518. The summed E-state index contributed by atoms with van der Waals surface area (Å²) < 4.78 is 17.4. The van der Waals surface area contributed by atoms with Crippen molar-refractivity contribution in [3.05, 3.63) is 72.9 Å². The summed E-state index contributed by atoms with van der Waals surface area (Å²) in [7, 11) is 5.53. The summed E-state index contributed by atoms with van der Waals surface area (Å²) >= 11 is 0. The molecule has 2 unspecified atom stereocenters. The molecule has 0 radical (unpaired) electrons. The molecule has 0 aromatic carbocycles. The van der Waals surface area contributed by atoms with Crippen molar-refractivity contribution in [3.8, 4) is 0 Å². The third-order valence-corrected chi connectivity index (χ3v) is 11.6. The number of likely N-dealkylation sites (N-methyl/N-ethyl adjacent to an activating group) is 1. The molecule has 1 N–H and O–H groups in total. The number of carboxylic acid groups (broad SMARTS) is 1.